The second-order valence-corrected chi connectivity index (χ2v) is 3.76. The quantitative estimate of drug-likeness (QED) is 0.525. The zero-order chi connectivity index (χ0) is 12.3. The Morgan fingerprint density at radius 1 is 1.18 bits per heavy atom. The van der Waals surface area contributed by atoms with E-state index in [-0.39, 0.29) is 5.70 Å². The predicted octanol–water partition coefficient (Wildman–Crippen LogP) is 4.01. The first-order valence-electron chi connectivity index (χ1n) is 5.24. The molecule has 2 aromatic rings. The van der Waals surface area contributed by atoms with Crippen LogP contribution in [0.15, 0.2) is 48.2 Å². The van der Waals surface area contributed by atoms with Crippen molar-refractivity contribution in [3.63, 3.8) is 0 Å². The molecule has 0 fully saturated rings. The second-order valence-electron chi connectivity index (χ2n) is 3.76. The van der Waals surface area contributed by atoms with Crippen LogP contribution >= 0.6 is 0 Å². The Labute approximate surface area is 100 Å². The standard InChI is InChI=1S/C15H10N2/c1-11(15(10-16)17-2)13-8-7-12-5-3-4-6-14(12)9-13/h3-9H,1H3/b15-11-. The molecule has 0 spiro atoms. The summed E-state index contributed by atoms with van der Waals surface area (Å²) in [6, 6.07) is 15.9. The summed E-state index contributed by atoms with van der Waals surface area (Å²) in [6.07, 6.45) is 0. The molecule has 0 N–H and O–H groups in total. The lowest BCUT2D eigenvalue weighted by atomic mass is 10.0. The highest BCUT2D eigenvalue weighted by atomic mass is 14.7. The zero-order valence-corrected chi connectivity index (χ0v) is 9.44. The Kier molecular flexibility index (Phi) is 2.90. The first kappa shape index (κ1) is 10.9. The SMILES string of the molecule is [C-]#[N+]/C(C#N)=C(/C)c1ccc2ccccc2c1. The third kappa shape index (κ3) is 2.02. The van der Waals surface area contributed by atoms with E-state index in [2.05, 4.69) is 4.85 Å². The number of hydrogen-bond acceptors (Lipinski definition) is 1. The van der Waals surface area contributed by atoms with Gasteiger partial charge in [-0.15, -0.1) is 0 Å². The van der Waals surface area contributed by atoms with Crippen LogP contribution in [0.1, 0.15) is 12.5 Å². The summed E-state index contributed by atoms with van der Waals surface area (Å²) >= 11 is 0. The lowest BCUT2D eigenvalue weighted by Gasteiger charge is -2.04. The van der Waals surface area contributed by atoms with Crippen LogP contribution < -0.4 is 0 Å². The van der Waals surface area contributed by atoms with Crippen molar-refractivity contribution in [1.29, 1.82) is 5.26 Å². The van der Waals surface area contributed by atoms with Crippen LogP contribution in [0, 0.1) is 17.9 Å². The van der Waals surface area contributed by atoms with Gasteiger partial charge in [0.1, 0.15) is 0 Å². The smallest absolute Gasteiger partial charge is 0.226 e. The summed E-state index contributed by atoms with van der Waals surface area (Å²) in [7, 11) is 0. The molecule has 80 valence electrons. The van der Waals surface area contributed by atoms with E-state index in [0.717, 1.165) is 21.9 Å². The third-order valence-electron chi connectivity index (χ3n) is 2.76. The highest BCUT2D eigenvalue weighted by Gasteiger charge is 2.04. The van der Waals surface area contributed by atoms with Crippen LogP contribution in [0.3, 0.4) is 0 Å². The molecule has 2 nitrogen and oxygen atoms in total. The van der Waals surface area contributed by atoms with Gasteiger partial charge in [-0.25, -0.2) is 10.1 Å². The molecule has 0 bridgehead atoms. The molecule has 0 aliphatic rings. The predicted molar refractivity (Wildman–Crippen MR) is 68.8 cm³/mol. The normalized spacial score (nSPS) is 11.5. The highest BCUT2D eigenvalue weighted by molar-refractivity contribution is 5.87. The molecule has 0 saturated heterocycles. The van der Waals surface area contributed by atoms with Crippen LogP contribution in [0.25, 0.3) is 21.2 Å². The Hall–Kier alpha value is -2.58. The summed E-state index contributed by atoms with van der Waals surface area (Å²) in [5.41, 5.74) is 1.81. The van der Waals surface area contributed by atoms with Gasteiger partial charge in [-0.1, -0.05) is 36.4 Å². The van der Waals surface area contributed by atoms with Gasteiger partial charge in [0.2, 0.25) is 0 Å². The van der Waals surface area contributed by atoms with Crippen LogP contribution in [0.5, 0.6) is 0 Å². The topological polar surface area (TPSA) is 28.1 Å². The minimum absolute atomic E-state index is 0.153. The molecular weight excluding hydrogens is 208 g/mol. The van der Waals surface area contributed by atoms with E-state index in [9.17, 15) is 0 Å². The molecule has 0 aromatic heterocycles. The van der Waals surface area contributed by atoms with Crippen LogP contribution in [0.2, 0.25) is 0 Å². The molecule has 0 aliphatic carbocycles. The van der Waals surface area contributed by atoms with Crippen LogP contribution in [0.4, 0.5) is 0 Å². The minimum atomic E-state index is 0.153. The lowest BCUT2D eigenvalue weighted by molar-refractivity contribution is 1.48. The number of hydrogen-bond donors (Lipinski definition) is 0. The Bertz CT molecular complexity index is 666. The Balaban J connectivity index is 2.63. The molecule has 0 saturated carbocycles. The van der Waals surface area contributed by atoms with Crippen molar-refractivity contribution in [3.05, 3.63) is 65.1 Å². The average molecular weight is 218 g/mol. The molecule has 0 heterocycles. The van der Waals surface area contributed by atoms with Gasteiger partial charge in [-0.3, -0.25) is 0 Å². The first-order chi connectivity index (χ1) is 8.26. The first-order valence-corrected chi connectivity index (χ1v) is 5.24. The van der Waals surface area contributed by atoms with Gasteiger partial charge in [-0.05, 0) is 34.9 Å². The van der Waals surface area contributed by atoms with Crippen molar-refractivity contribution in [2.45, 2.75) is 6.92 Å². The van der Waals surface area contributed by atoms with E-state index in [4.69, 9.17) is 11.8 Å². The molecule has 0 unspecified atom stereocenters. The number of rotatable bonds is 1. The van der Waals surface area contributed by atoms with Gasteiger partial charge < -0.3 is 0 Å². The number of benzene rings is 2. The van der Waals surface area contributed by atoms with Crippen molar-refractivity contribution in [2.75, 3.05) is 0 Å². The summed E-state index contributed by atoms with van der Waals surface area (Å²) in [4.78, 5) is 3.23. The molecule has 0 radical (unpaired) electrons. The highest BCUT2D eigenvalue weighted by Crippen LogP contribution is 2.23. The van der Waals surface area contributed by atoms with Gasteiger partial charge in [0.15, 0.2) is 0 Å². The molecule has 0 amide bonds. The molecular formula is C15H10N2. The van der Waals surface area contributed by atoms with Gasteiger partial charge in [-0.2, -0.15) is 0 Å². The largest absolute Gasteiger partial charge is 0.265 e. The average Bonchev–Trinajstić information content (AvgIpc) is 2.39. The van der Waals surface area contributed by atoms with Crippen molar-refractivity contribution in [1.82, 2.24) is 0 Å². The number of nitriles is 1. The maximum absolute atomic E-state index is 8.85. The van der Waals surface area contributed by atoms with Gasteiger partial charge in [0, 0.05) is 0 Å². The van der Waals surface area contributed by atoms with Crippen molar-refractivity contribution >= 4 is 16.3 Å². The molecule has 2 aromatic carbocycles. The summed E-state index contributed by atoms with van der Waals surface area (Å²) in [5.74, 6) is 0. The fourth-order valence-electron chi connectivity index (χ4n) is 1.75. The fraction of sp³-hybridized carbons (Fsp3) is 0.0667. The summed E-state index contributed by atoms with van der Waals surface area (Å²) < 4.78 is 0. The second kappa shape index (κ2) is 4.51. The molecule has 17 heavy (non-hydrogen) atoms. The maximum atomic E-state index is 8.85. The van der Waals surface area contributed by atoms with Crippen molar-refractivity contribution in [3.8, 4) is 6.07 Å². The van der Waals surface area contributed by atoms with Gasteiger partial charge >= 0.3 is 0 Å². The van der Waals surface area contributed by atoms with E-state index in [1.54, 1.807) is 6.92 Å². The minimum Gasteiger partial charge on any atom is -0.226 e. The molecule has 2 rings (SSSR count). The van der Waals surface area contributed by atoms with E-state index in [0.29, 0.717) is 0 Å². The van der Waals surface area contributed by atoms with Crippen LogP contribution in [-0.2, 0) is 0 Å². The molecule has 2 heteroatoms. The Morgan fingerprint density at radius 3 is 2.53 bits per heavy atom. The monoisotopic (exact) mass is 218 g/mol. The summed E-state index contributed by atoms with van der Waals surface area (Å²) in [5, 5.41) is 11.1. The summed E-state index contributed by atoms with van der Waals surface area (Å²) in [6.45, 7) is 8.75. The number of nitrogens with zero attached hydrogens (tertiary/aromatic N) is 2. The van der Waals surface area contributed by atoms with Crippen molar-refractivity contribution < 1.29 is 0 Å². The van der Waals surface area contributed by atoms with E-state index in [1.807, 2.05) is 48.5 Å². The molecule has 0 atom stereocenters. The van der Waals surface area contributed by atoms with Crippen LogP contribution in [-0.4, -0.2) is 0 Å². The Morgan fingerprint density at radius 2 is 1.88 bits per heavy atom. The van der Waals surface area contributed by atoms with E-state index < -0.39 is 0 Å². The maximum Gasteiger partial charge on any atom is 0.265 e. The van der Waals surface area contributed by atoms with Gasteiger partial charge in [0.25, 0.3) is 5.70 Å². The molecule has 0 aliphatic heterocycles. The van der Waals surface area contributed by atoms with E-state index >= 15 is 0 Å². The lowest BCUT2D eigenvalue weighted by Crippen LogP contribution is -1.84. The van der Waals surface area contributed by atoms with Crippen molar-refractivity contribution in [2.24, 2.45) is 0 Å². The van der Waals surface area contributed by atoms with E-state index in [1.165, 1.54) is 0 Å². The third-order valence-corrected chi connectivity index (χ3v) is 2.76. The fourth-order valence-corrected chi connectivity index (χ4v) is 1.75. The number of fused-ring (bicyclic) bond motifs is 1. The van der Waals surface area contributed by atoms with Gasteiger partial charge in [0.05, 0.1) is 12.6 Å². The zero-order valence-electron chi connectivity index (χ0n) is 9.44. The number of allylic oxidation sites excluding steroid dienone is 2.